The molecule has 3 aromatic heterocycles. The molecule has 0 fully saturated rings. The largest absolute Gasteiger partial charge is 0.360 e. The van der Waals surface area contributed by atoms with Gasteiger partial charge in [-0.25, -0.2) is 9.97 Å². The van der Waals surface area contributed by atoms with E-state index in [4.69, 9.17) is 0 Å². The number of rotatable bonds is 5. The van der Waals surface area contributed by atoms with Gasteiger partial charge in [-0.05, 0) is 25.3 Å². The van der Waals surface area contributed by atoms with E-state index in [1.165, 1.54) is 0 Å². The summed E-state index contributed by atoms with van der Waals surface area (Å²) < 4.78 is 0. The quantitative estimate of drug-likeness (QED) is 0.751. The van der Waals surface area contributed by atoms with Crippen molar-refractivity contribution in [1.82, 2.24) is 15.0 Å². The van der Waals surface area contributed by atoms with Crippen molar-refractivity contribution in [1.29, 1.82) is 0 Å². The van der Waals surface area contributed by atoms with Gasteiger partial charge in [0.25, 0.3) is 0 Å². The van der Waals surface area contributed by atoms with Crippen molar-refractivity contribution in [3.8, 4) is 0 Å². The number of anilines is 2. The molecule has 0 saturated carbocycles. The summed E-state index contributed by atoms with van der Waals surface area (Å²) in [6.07, 6.45) is 1.82. The van der Waals surface area contributed by atoms with Crippen LogP contribution in [0.5, 0.6) is 0 Å². The van der Waals surface area contributed by atoms with E-state index in [-0.39, 0.29) is 6.04 Å². The van der Waals surface area contributed by atoms with Crippen LogP contribution in [0, 0.1) is 0 Å². The molecule has 0 amide bonds. The number of fused-ring (bicyclic) bond motifs is 1. The van der Waals surface area contributed by atoms with E-state index in [1.807, 2.05) is 29.9 Å². The molecule has 0 aliphatic heterocycles. The molecule has 3 aromatic rings. The van der Waals surface area contributed by atoms with E-state index in [0.29, 0.717) is 5.95 Å². The minimum Gasteiger partial charge on any atom is -0.360 e. The summed E-state index contributed by atoms with van der Waals surface area (Å²) in [4.78, 5) is 14.4. The Morgan fingerprint density at radius 3 is 2.90 bits per heavy atom. The van der Waals surface area contributed by atoms with Crippen LogP contribution in [0.15, 0.2) is 23.0 Å². The average Bonchev–Trinajstić information content (AvgIpc) is 3.10. The van der Waals surface area contributed by atoms with Crippen molar-refractivity contribution in [2.75, 3.05) is 17.2 Å². The highest BCUT2D eigenvalue weighted by molar-refractivity contribution is 7.16. The second kappa shape index (κ2) is 5.72. The van der Waals surface area contributed by atoms with E-state index >= 15 is 0 Å². The van der Waals surface area contributed by atoms with Crippen molar-refractivity contribution in [2.24, 2.45) is 0 Å². The van der Waals surface area contributed by atoms with Gasteiger partial charge >= 0.3 is 0 Å². The molecular weight excluding hydrogens is 290 g/mol. The number of nitrogens with one attached hydrogen (secondary N) is 2. The minimum absolute atomic E-state index is 0.127. The first-order valence-corrected chi connectivity index (χ1v) is 8.19. The molecule has 0 spiro atoms. The maximum absolute atomic E-state index is 4.56. The van der Waals surface area contributed by atoms with Gasteiger partial charge in [0.1, 0.15) is 15.7 Å². The molecular formula is C13H15N5S2. The third-order valence-electron chi connectivity index (χ3n) is 2.84. The van der Waals surface area contributed by atoms with Crippen LogP contribution in [-0.2, 0) is 0 Å². The zero-order chi connectivity index (χ0) is 13.9. The lowest BCUT2D eigenvalue weighted by Gasteiger charge is -2.13. The van der Waals surface area contributed by atoms with Crippen LogP contribution in [0.3, 0.4) is 0 Å². The van der Waals surface area contributed by atoms with Crippen molar-refractivity contribution in [2.45, 2.75) is 19.9 Å². The van der Waals surface area contributed by atoms with Crippen molar-refractivity contribution >= 4 is 44.7 Å². The lowest BCUT2D eigenvalue weighted by Crippen LogP contribution is -2.10. The van der Waals surface area contributed by atoms with Gasteiger partial charge in [-0.1, -0.05) is 0 Å². The molecule has 0 bridgehead atoms. The summed E-state index contributed by atoms with van der Waals surface area (Å²) in [6, 6.07) is 2.18. The standard InChI is InChI=1S/C13H15N5S2/c1-3-14-13-17-10(9-4-6-19-12(9)18-13)16-8(2)11-15-5-7-20-11/h4-8H,3H2,1-2H3,(H2,14,16,17,18). The van der Waals surface area contributed by atoms with E-state index < -0.39 is 0 Å². The van der Waals surface area contributed by atoms with Gasteiger partial charge < -0.3 is 10.6 Å². The van der Waals surface area contributed by atoms with Crippen LogP contribution in [0.2, 0.25) is 0 Å². The Morgan fingerprint density at radius 2 is 2.15 bits per heavy atom. The molecule has 0 saturated heterocycles. The van der Waals surface area contributed by atoms with Crippen molar-refractivity contribution < 1.29 is 0 Å². The predicted octanol–water partition coefficient (Wildman–Crippen LogP) is 3.75. The monoisotopic (exact) mass is 305 g/mol. The fourth-order valence-corrected chi connectivity index (χ4v) is 3.33. The highest BCUT2D eigenvalue weighted by Gasteiger charge is 2.13. The SMILES string of the molecule is CCNc1nc(NC(C)c2nccs2)c2ccsc2n1. The summed E-state index contributed by atoms with van der Waals surface area (Å²) in [5.41, 5.74) is 0. The summed E-state index contributed by atoms with van der Waals surface area (Å²) in [6.45, 7) is 4.93. The zero-order valence-electron chi connectivity index (χ0n) is 11.3. The van der Waals surface area contributed by atoms with E-state index in [2.05, 4.69) is 32.5 Å². The van der Waals surface area contributed by atoms with Crippen LogP contribution in [0.4, 0.5) is 11.8 Å². The number of thiazole rings is 1. The average molecular weight is 305 g/mol. The second-order valence-electron chi connectivity index (χ2n) is 4.30. The van der Waals surface area contributed by atoms with Crippen molar-refractivity contribution in [3.05, 3.63) is 28.0 Å². The van der Waals surface area contributed by atoms with Crippen LogP contribution in [-0.4, -0.2) is 21.5 Å². The van der Waals surface area contributed by atoms with Gasteiger partial charge in [-0.2, -0.15) is 4.98 Å². The minimum atomic E-state index is 0.127. The first kappa shape index (κ1) is 13.3. The van der Waals surface area contributed by atoms with Gasteiger partial charge in [-0.15, -0.1) is 22.7 Å². The third kappa shape index (κ3) is 2.59. The Morgan fingerprint density at radius 1 is 1.25 bits per heavy atom. The second-order valence-corrected chi connectivity index (χ2v) is 6.12. The fourth-order valence-electron chi connectivity index (χ4n) is 1.92. The van der Waals surface area contributed by atoms with E-state index in [9.17, 15) is 0 Å². The molecule has 2 N–H and O–H groups in total. The van der Waals surface area contributed by atoms with Crippen LogP contribution in [0.25, 0.3) is 10.2 Å². The molecule has 3 heterocycles. The van der Waals surface area contributed by atoms with E-state index in [1.54, 1.807) is 22.7 Å². The molecule has 0 aliphatic carbocycles. The van der Waals surface area contributed by atoms with E-state index in [0.717, 1.165) is 27.6 Å². The van der Waals surface area contributed by atoms with Gasteiger partial charge in [0.2, 0.25) is 5.95 Å². The topological polar surface area (TPSA) is 62.7 Å². The molecule has 5 nitrogen and oxygen atoms in total. The molecule has 0 radical (unpaired) electrons. The fraction of sp³-hybridized carbons (Fsp3) is 0.308. The van der Waals surface area contributed by atoms with Crippen LogP contribution < -0.4 is 10.6 Å². The van der Waals surface area contributed by atoms with Gasteiger partial charge in [-0.3, -0.25) is 0 Å². The number of hydrogen-bond acceptors (Lipinski definition) is 7. The molecule has 7 heteroatoms. The van der Waals surface area contributed by atoms with Gasteiger partial charge in [0, 0.05) is 18.1 Å². The Balaban J connectivity index is 1.94. The molecule has 3 rings (SSSR count). The predicted molar refractivity (Wildman–Crippen MR) is 85.7 cm³/mol. The lowest BCUT2D eigenvalue weighted by molar-refractivity contribution is 0.862. The number of thiophene rings is 1. The summed E-state index contributed by atoms with van der Waals surface area (Å²) in [7, 11) is 0. The normalized spacial score (nSPS) is 12.5. The highest BCUT2D eigenvalue weighted by Crippen LogP contribution is 2.29. The van der Waals surface area contributed by atoms with Crippen LogP contribution in [0.1, 0.15) is 24.9 Å². The van der Waals surface area contributed by atoms with Crippen molar-refractivity contribution in [3.63, 3.8) is 0 Å². The first-order valence-electron chi connectivity index (χ1n) is 6.43. The number of aromatic nitrogens is 3. The van der Waals surface area contributed by atoms with Crippen LogP contribution >= 0.6 is 22.7 Å². The Kier molecular flexibility index (Phi) is 3.79. The Hall–Kier alpha value is -1.73. The molecule has 1 unspecified atom stereocenters. The third-order valence-corrected chi connectivity index (χ3v) is 4.60. The summed E-state index contributed by atoms with van der Waals surface area (Å²) in [5.74, 6) is 1.52. The highest BCUT2D eigenvalue weighted by atomic mass is 32.1. The number of nitrogens with zero attached hydrogens (tertiary/aromatic N) is 3. The summed E-state index contributed by atoms with van der Waals surface area (Å²) >= 11 is 3.26. The molecule has 1 atom stereocenters. The molecule has 104 valence electrons. The first-order chi connectivity index (χ1) is 9.78. The zero-order valence-corrected chi connectivity index (χ0v) is 12.9. The Bertz CT molecular complexity index is 692. The Labute approximate surface area is 125 Å². The summed E-state index contributed by atoms with van der Waals surface area (Å²) in [5, 5.41) is 12.7. The lowest BCUT2D eigenvalue weighted by atomic mass is 10.3. The maximum Gasteiger partial charge on any atom is 0.226 e. The maximum atomic E-state index is 4.56. The van der Waals surface area contributed by atoms with Gasteiger partial charge in [0.05, 0.1) is 11.4 Å². The number of hydrogen-bond donors (Lipinski definition) is 2. The molecule has 20 heavy (non-hydrogen) atoms. The van der Waals surface area contributed by atoms with Gasteiger partial charge in [0.15, 0.2) is 0 Å². The molecule has 0 aliphatic rings. The smallest absolute Gasteiger partial charge is 0.226 e. The molecule has 0 aromatic carbocycles.